The number of thiophene rings is 1. The molecular weight excluding hydrogens is 314 g/mol. The van der Waals surface area contributed by atoms with Crippen molar-refractivity contribution in [3.8, 4) is 0 Å². The Morgan fingerprint density at radius 2 is 2.22 bits per heavy atom. The van der Waals surface area contributed by atoms with E-state index in [9.17, 15) is 4.79 Å². The van der Waals surface area contributed by atoms with Crippen LogP contribution in [0.2, 0.25) is 0 Å². The minimum atomic E-state index is -0.179. The van der Waals surface area contributed by atoms with Crippen LogP contribution in [0.15, 0.2) is 33.4 Å². The topological polar surface area (TPSA) is 42.2 Å². The molecule has 0 bridgehead atoms. The number of hydrogen-bond donors (Lipinski definition) is 1. The van der Waals surface area contributed by atoms with Gasteiger partial charge in [0.1, 0.15) is 0 Å². The molecule has 1 unspecified atom stereocenters. The number of nitrogens with one attached hydrogen (secondary N) is 1. The molecule has 0 spiro atoms. The largest absolute Gasteiger partial charge is 0.444 e. The first-order valence-electron chi connectivity index (χ1n) is 5.66. The molecule has 96 valence electrons. The molecule has 1 amide bonds. The number of furan rings is 1. The fraction of sp³-hybridized carbons (Fsp3) is 0.308. The highest BCUT2D eigenvalue weighted by Gasteiger charge is 2.14. The molecule has 5 heteroatoms. The van der Waals surface area contributed by atoms with Crippen molar-refractivity contribution < 1.29 is 9.21 Å². The van der Waals surface area contributed by atoms with E-state index in [0.717, 1.165) is 6.42 Å². The van der Waals surface area contributed by atoms with Gasteiger partial charge in [-0.05, 0) is 54.0 Å². The fourth-order valence-corrected chi connectivity index (χ4v) is 3.00. The Morgan fingerprint density at radius 1 is 1.44 bits per heavy atom. The molecule has 1 N–H and O–H groups in total. The summed E-state index contributed by atoms with van der Waals surface area (Å²) in [6, 6.07) is 7.65. The first kappa shape index (κ1) is 13.4. The lowest BCUT2D eigenvalue weighted by molar-refractivity contribution is 0.0911. The lowest BCUT2D eigenvalue weighted by Gasteiger charge is -2.11. The molecule has 0 saturated heterocycles. The summed E-state index contributed by atoms with van der Waals surface area (Å²) in [6.07, 6.45) is 0.839. The lowest BCUT2D eigenvalue weighted by Crippen LogP contribution is -2.33. The fourth-order valence-electron chi connectivity index (χ4n) is 1.68. The van der Waals surface area contributed by atoms with Gasteiger partial charge in [-0.1, -0.05) is 0 Å². The zero-order valence-corrected chi connectivity index (χ0v) is 12.6. The summed E-state index contributed by atoms with van der Waals surface area (Å²) >= 11 is 4.94. The molecular formula is C13H14BrNO2S. The first-order chi connectivity index (χ1) is 8.54. The van der Waals surface area contributed by atoms with Crippen LogP contribution in [0.4, 0.5) is 0 Å². The first-order valence-corrected chi connectivity index (χ1v) is 7.27. The van der Waals surface area contributed by atoms with Crippen LogP contribution in [-0.2, 0) is 6.42 Å². The SMILES string of the molecule is Cc1ccc(CC(C)NC(=O)c2ccc(Br)o2)s1. The molecule has 2 aromatic rings. The molecule has 0 fully saturated rings. The summed E-state index contributed by atoms with van der Waals surface area (Å²) in [4.78, 5) is 14.4. The van der Waals surface area contributed by atoms with Crippen molar-refractivity contribution in [1.29, 1.82) is 0 Å². The lowest BCUT2D eigenvalue weighted by atomic mass is 10.2. The Bertz CT molecular complexity index is 547. The number of halogens is 1. The number of rotatable bonds is 4. The van der Waals surface area contributed by atoms with Gasteiger partial charge in [0.05, 0.1) is 0 Å². The highest BCUT2D eigenvalue weighted by atomic mass is 79.9. The van der Waals surface area contributed by atoms with Gasteiger partial charge in [-0.3, -0.25) is 4.79 Å². The van der Waals surface area contributed by atoms with Gasteiger partial charge in [0, 0.05) is 22.2 Å². The Balaban J connectivity index is 1.91. The summed E-state index contributed by atoms with van der Waals surface area (Å²) in [6.45, 7) is 4.07. The average molecular weight is 328 g/mol. The van der Waals surface area contributed by atoms with E-state index >= 15 is 0 Å². The van der Waals surface area contributed by atoms with Gasteiger partial charge < -0.3 is 9.73 Å². The van der Waals surface area contributed by atoms with Crippen molar-refractivity contribution in [1.82, 2.24) is 5.32 Å². The molecule has 0 aliphatic carbocycles. The molecule has 18 heavy (non-hydrogen) atoms. The van der Waals surface area contributed by atoms with Crippen LogP contribution >= 0.6 is 27.3 Å². The van der Waals surface area contributed by atoms with Crippen molar-refractivity contribution in [3.05, 3.63) is 44.4 Å². The predicted molar refractivity (Wildman–Crippen MR) is 76.1 cm³/mol. The molecule has 1 atom stereocenters. The van der Waals surface area contributed by atoms with Crippen LogP contribution in [0.5, 0.6) is 0 Å². The summed E-state index contributed by atoms with van der Waals surface area (Å²) in [5.74, 6) is 0.151. The Kier molecular flexibility index (Phi) is 4.24. The van der Waals surface area contributed by atoms with Gasteiger partial charge in [0.15, 0.2) is 10.4 Å². The number of carbonyl (C=O) groups is 1. The van der Waals surface area contributed by atoms with Crippen molar-refractivity contribution in [2.24, 2.45) is 0 Å². The van der Waals surface area contributed by atoms with Gasteiger partial charge in [0.2, 0.25) is 0 Å². The van der Waals surface area contributed by atoms with Crippen molar-refractivity contribution >= 4 is 33.2 Å². The van der Waals surface area contributed by atoms with Crippen LogP contribution in [0, 0.1) is 6.92 Å². The average Bonchev–Trinajstić information content (AvgIpc) is 2.87. The van der Waals surface area contributed by atoms with E-state index in [1.165, 1.54) is 9.75 Å². The summed E-state index contributed by atoms with van der Waals surface area (Å²) in [5.41, 5.74) is 0. The highest BCUT2D eigenvalue weighted by molar-refractivity contribution is 9.10. The van der Waals surface area contributed by atoms with Gasteiger partial charge in [-0.25, -0.2) is 0 Å². The van der Waals surface area contributed by atoms with Crippen LogP contribution in [0.25, 0.3) is 0 Å². The van der Waals surface area contributed by atoms with E-state index in [0.29, 0.717) is 10.4 Å². The maximum atomic E-state index is 11.8. The van der Waals surface area contributed by atoms with E-state index in [1.807, 2.05) is 6.92 Å². The minimum Gasteiger partial charge on any atom is -0.444 e. The Hall–Kier alpha value is -1.07. The normalized spacial score (nSPS) is 12.4. The molecule has 2 aromatic heterocycles. The van der Waals surface area contributed by atoms with E-state index < -0.39 is 0 Å². The molecule has 2 heterocycles. The second-order valence-corrected chi connectivity index (χ2v) is 6.35. The second-order valence-electron chi connectivity index (χ2n) is 4.19. The maximum absolute atomic E-state index is 11.8. The van der Waals surface area contributed by atoms with Gasteiger partial charge >= 0.3 is 0 Å². The van der Waals surface area contributed by atoms with Crippen LogP contribution in [-0.4, -0.2) is 11.9 Å². The third-order valence-corrected chi connectivity index (χ3v) is 3.93. The van der Waals surface area contributed by atoms with Crippen molar-refractivity contribution in [2.45, 2.75) is 26.3 Å². The third kappa shape index (κ3) is 3.46. The molecule has 0 saturated carbocycles. The second kappa shape index (κ2) is 5.71. The highest BCUT2D eigenvalue weighted by Crippen LogP contribution is 2.17. The molecule has 0 radical (unpaired) electrons. The summed E-state index contributed by atoms with van der Waals surface area (Å²) in [7, 11) is 0. The Labute approximate surface area is 118 Å². The molecule has 0 aromatic carbocycles. The molecule has 2 rings (SSSR count). The van der Waals surface area contributed by atoms with E-state index in [4.69, 9.17) is 4.42 Å². The number of aryl methyl sites for hydroxylation is 1. The molecule has 0 aliphatic heterocycles. The molecule has 0 aliphatic rings. The Morgan fingerprint density at radius 3 is 2.78 bits per heavy atom. The van der Waals surface area contributed by atoms with E-state index in [-0.39, 0.29) is 11.9 Å². The standard InChI is InChI=1S/C13H14BrNO2S/c1-8(7-10-4-3-9(2)18-10)15-13(16)11-5-6-12(14)17-11/h3-6,8H,7H2,1-2H3,(H,15,16). The quantitative estimate of drug-likeness (QED) is 0.928. The van der Waals surface area contributed by atoms with Crippen LogP contribution in [0.1, 0.15) is 27.2 Å². The number of hydrogen-bond acceptors (Lipinski definition) is 3. The smallest absolute Gasteiger partial charge is 0.287 e. The maximum Gasteiger partial charge on any atom is 0.287 e. The minimum absolute atomic E-state index is 0.0828. The summed E-state index contributed by atoms with van der Waals surface area (Å²) < 4.78 is 5.77. The molecule has 3 nitrogen and oxygen atoms in total. The van der Waals surface area contributed by atoms with Crippen molar-refractivity contribution in [3.63, 3.8) is 0 Å². The van der Waals surface area contributed by atoms with Gasteiger partial charge in [-0.2, -0.15) is 0 Å². The van der Waals surface area contributed by atoms with Gasteiger partial charge in [0.25, 0.3) is 5.91 Å². The monoisotopic (exact) mass is 327 g/mol. The van der Waals surface area contributed by atoms with E-state index in [1.54, 1.807) is 23.5 Å². The zero-order chi connectivity index (χ0) is 13.1. The van der Waals surface area contributed by atoms with Crippen LogP contribution in [0.3, 0.4) is 0 Å². The summed E-state index contributed by atoms with van der Waals surface area (Å²) in [5, 5.41) is 2.92. The number of amides is 1. The van der Waals surface area contributed by atoms with Crippen LogP contribution < -0.4 is 5.32 Å². The van der Waals surface area contributed by atoms with E-state index in [2.05, 4.69) is 40.3 Å². The third-order valence-electron chi connectivity index (χ3n) is 2.48. The van der Waals surface area contributed by atoms with Gasteiger partial charge in [-0.15, -0.1) is 11.3 Å². The van der Waals surface area contributed by atoms with Crippen molar-refractivity contribution in [2.75, 3.05) is 0 Å². The number of carbonyl (C=O) groups excluding carboxylic acids is 1. The predicted octanol–water partition coefficient (Wildman–Crippen LogP) is 3.77. The zero-order valence-electron chi connectivity index (χ0n) is 10.2.